The second kappa shape index (κ2) is 19.0. The van der Waals surface area contributed by atoms with Gasteiger partial charge in [-0.15, -0.1) is 0 Å². The minimum atomic E-state index is -0.948. The van der Waals surface area contributed by atoms with Crippen LogP contribution in [0.3, 0.4) is 0 Å². The SMILES string of the molecule is CC1(C)CCC2(C(=O)O)CCC3(COC(=O)c4cc5cc(O)c(O)cc5cc4C(=O)OCC45CCC6(C(=O)O)CCC(C)(C)CC6C4=CCC4C6(C)CCC(O)C(C)(C)C6CCC45C)C(=CCC4C5(C)CCC(O)C(C)(C)C5CCC43C)C2C1. The number of hydrogen-bond donors (Lipinski definition) is 6. The summed E-state index contributed by atoms with van der Waals surface area (Å²) in [4.78, 5) is 59.0. The van der Waals surface area contributed by atoms with Crippen LogP contribution in [0.4, 0.5) is 0 Å². The molecule has 16 atom stereocenters. The van der Waals surface area contributed by atoms with Gasteiger partial charge < -0.3 is 40.1 Å². The molecule has 10 aliphatic rings. The summed E-state index contributed by atoms with van der Waals surface area (Å²) in [5.41, 5.74) is -3.23. The van der Waals surface area contributed by atoms with E-state index in [1.807, 2.05) is 0 Å². The van der Waals surface area contributed by atoms with E-state index in [0.29, 0.717) is 75.0 Å². The zero-order chi connectivity index (χ0) is 60.8. The van der Waals surface area contributed by atoms with Crippen molar-refractivity contribution in [1.82, 2.24) is 0 Å². The lowest BCUT2D eigenvalue weighted by molar-refractivity contribution is -0.214. The topological polar surface area (TPSA) is 208 Å². The third-order valence-electron chi connectivity index (χ3n) is 28.8. The first kappa shape index (κ1) is 59.9. The molecule has 0 aliphatic heterocycles. The monoisotopic (exact) mass is 1160 g/mol. The molecule has 12 rings (SSSR count). The van der Waals surface area contributed by atoms with Gasteiger partial charge in [0.2, 0.25) is 0 Å². The van der Waals surface area contributed by atoms with E-state index in [1.54, 1.807) is 12.1 Å². The van der Waals surface area contributed by atoms with Crippen LogP contribution < -0.4 is 0 Å². The molecule has 12 nitrogen and oxygen atoms in total. The van der Waals surface area contributed by atoms with Crippen molar-refractivity contribution in [2.45, 2.75) is 224 Å². The van der Waals surface area contributed by atoms with Crippen molar-refractivity contribution in [2.24, 2.45) is 100 Å². The number of aliphatic hydroxyl groups is 2. The highest BCUT2D eigenvalue weighted by molar-refractivity contribution is 6.08. The number of esters is 2. The number of carbonyl (C=O) groups is 4. The minimum Gasteiger partial charge on any atom is -0.504 e. The Bertz CT molecular complexity index is 2960. The van der Waals surface area contributed by atoms with Crippen LogP contribution in [0.25, 0.3) is 10.8 Å². The number of phenolic OH excluding ortho intramolecular Hbond substituents is 2. The fraction of sp³-hybridized carbons (Fsp3) is 0.750. The van der Waals surface area contributed by atoms with Gasteiger partial charge in [0.15, 0.2) is 11.5 Å². The molecule has 0 saturated heterocycles. The molecular weight excluding hydrogens is 1060 g/mol. The summed E-state index contributed by atoms with van der Waals surface area (Å²) in [6, 6.07) is 5.88. The van der Waals surface area contributed by atoms with Crippen LogP contribution in [-0.2, 0) is 19.1 Å². The smallest absolute Gasteiger partial charge is 0.339 e. The largest absolute Gasteiger partial charge is 0.504 e. The molecule has 2 aromatic rings. The van der Waals surface area contributed by atoms with Crippen LogP contribution in [0, 0.1) is 100 Å². The van der Waals surface area contributed by atoms with Crippen molar-refractivity contribution in [3.63, 3.8) is 0 Å². The zero-order valence-electron chi connectivity index (χ0n) is 52.8. The van der Waals surface area contributed by atoms with Crippen LogP contribution >= 0.6 is 0 Å². The molecule has 0 amide bonds. The third-order valence-corrected chi connectivity index (χ3v) is 28.8. The van der Waals surface area contributed by atoms with Gasteiger partial charge in [0, 0.05) is 10.8 Å². The van der Waals surface area contributed by atoms with Crippen LogP contribution in [-0.4, -0.2) is 79.9 Å². The first-order valence-corrected chi connectivity index (χ1v) is 32.6. The molecule has 0 spiro atoms. The quantitative estimate of drug-likeness (QED) is 0.0829. The lowest BCUT2D eigenvalue weighted by Gasteiger charge is -2.71. The molecule has 12 heteroatoms. The van der Waals surface area contributed by atoms with E-state index < -0.39 is 68.6 Å². The molecule has 0 radical (unpaired) electrons. The summed E-state index contributed by atoms with van der Waals surface area (Å²) in [7, 11) is 0. The number of carboxylic acid groups (broad SMARTS) is 2. The van der Waals surface area contributed by atoms with Gasteiger partial charge in [-0.25, -0.2) is 9.59 Å². The highest BCUT2D eigenvalue weighted by Gasteiger charge is 2.73. The molecule has 2 aromatic carbocycles. The number of allylic oxidation sites excluding steroid dienone is 2. The number of benzene rings is 2. The summed E-state index contributed by atoms with van der Waals surface area (Å²) >= 11 is 0. The normalized spacial score (nSPS) is 43.8. The number of carboxylic acids is 2. The minimum absolute atomic E-state index is 0.0227. The maximum atomic E-state index is 15.7. The Morgan fingerprint density at radius 3 is 1.18 bits per heavy atom. The molecular formula is C72H100O12. The van der Waals surface area contributed by atoms with E-state index in [-0.39, 0.29) is 104 Å². The maximum absolute atomic E-state index is 15.7. The molecule has 0 aromatic heterocycles. The number of aliphatic hydroxyl groups excluding tert-OH is 2. The number of ether oxygens (including phenoxy) is 2. The average molecular weight is 1160 g/mol. The second-order valence-electron chi connectivity index (χ2n) is 33.8. The number of rotatable bonds is 8. The Labute approximate surface area is 499 Å². The fourth-order valence-electron chi connectivity index (χ4n) is 23.7. The number of aromatic hydroxyl groups is 2. The molecule has 0 heterocycles. The summed E-state index contributed by atoms with van der Waals surface area (Å²) in [5, 5.41) is 68.3. The molecule has 10 aliphatic carbocycles. The Morgan fingerprint density at radius 2 is 0.821 bits per heavy atom. The molecule has 8 fully saturated rings. The first-order valence-electron chi connectivity index (χ1n) is 32.6. The van der Waals surface area contributed by atoms with Gasteiger partial charge in [0.25, 0.3) is 0 Å². The van der Waals surface area contributed by atoms with E-state index >= 15 is 9.59 Å². The number of fused-ring (bicyclic) bond motifs is 15. The van der Waals surface area contributed by atoms with Gasteiger partial charge in [-0.1, -0.05) is 106 Å². The molecule has 6 N–H and O–H groups in total. The number of aliphatic carboxylic acids is 2. The molecule has 460 valence electrons. The molecule has 8 saturated carbocycles. The third kappa shape index (κ3) is 8.06. The van der Waals surface area contributed by atoms with E-state index in [1.165, 1.54) is 12.1 Å². The molecule has 0 bridgehead atoms. The van der Waals surface area contributed by atoms with Crippen LogP contribution in [0.5, 0.6) is 11.5 Å². The summed E-state index contributed by atoms with van der Waals surface area (Å²) in [5.74, 6) is -3.48. The van der Waals surface area contributed by atoms with Crippen LogP contribution in [0.15, 0.2) is 47.6 Å². The van der Waals surface area contributed by atoms with Crippen LogP contribution in [0.2, 0.25) is 0 Å². The van der Waals surface area contributed by atoms with Gasteiger partial charge >= 0.3 is 23.9 Å². The standard InChI is InChI=1S/C72H100O12/c1-61(2)25-27-69(59(79)80)29-31-71(45(47(69)37-61)13-15-53-65(9)21-19-55(75)63(5,6)51(65)17-23-67(53,71)11)39-83-57(77)43-33-41-35-49(73)50(74)36-42(41)34-44(43)58(78)84-40-72-32-30-70(60(81)82)28-26-62(3,4)38-48(70)46(72)14-16-54-66(10)22-20-56(76)64(7,8)52(66)18-24-68(54,72)12/h13-14,33-36,47-48,51-56,73-76H,15-32,37-40H2,1-12H3,(H,79,80)(H,81,82). The first-order chi connectivity index (χ1) is 39.0. The Morgan fingerprint density at radius 1 is 0.464 bits per heavy atom. The zero-order valence-corrected chi connectivity index (χ0v) is 52.8. The van der Waals surface area contributed by atoms with Gasteiger partial charge in [0.05, 0.1) is 34.2 Å². The number of phenols is 2. The van der Waals surface area contributed by atoms with E-state index in [0.717, 1.165) is 75.4 Å². The number of carbonyl (C=O) groups excluding carboxylic acids is 2. The lowest BCUT2D eigenvalue weighted by atomic mass is 9.33. The van der Waals surface area contributed by atoms with Crippen molar-refractivity contribution < 1.29 is 59.3 Å². The second-order valence-corrected chi connectivity index (χ2v) is 33.8. The Kier molecular flexibility index (Phi) is 13.6. The molecule has 84 heavy (non-hydrogen) atoms. The Balaban J connectivity index is 0.936. The fourth-order valence-corrected chi connectivity index (χ4v) is 23.7. The van der Waals surface area contributed by atoms with Crippen molar-refractivity contribution in [3.8, 4) is 11.5 Å². The summed E-state index contributed by atoms with van der Waals surface area (Å²) in [6.07, 6.45) is 18.1. The highest BCUT2D eigenvalue weighted by Crippen LogP contribution is 2.78. The van der Waals surface area contributed by atoms with Gasteiger partial charge in [-0.2, -0.15) is 0 Å². The van der Waals surface area contributed by atoms with E-state index in [9.17, 15) is 40.2 Å². The van der Waals surface area contributed by atoms with Crippen molar-refractivity contribution >= 4 is 34.6 Å². The summed E-state index contributed by atoms with van der Waals surface area (Å²) < 4.78 is 13.8. The molecule has 16 unspecified atom stereocenters. The summed E-state index contributed by atoms with van der Waals surface area (Å²) in [6.45, 7) is 27.4. The van der Waals surface area contributed by atoms with E-state index in [2.05, 4.69) is 95.2 Å². The predicted octanol–water partition coefficient (Wildman–Crippen LogP) is 15.0. The maximum Gasteiger partial charge on any atom is 0.339 e. The predicted molar refractivity (Wildman–Crippen MR) is 322 cm³/mol. The van der Waals surface area contributed by atoms with Crippen molar-refractivity contribution in [3.05, 3.63) is 58.7 Å². The highest BCUT2D eigenvalue weighted by atomic mass is 16.5. The Hall–Kier alpha value is -4.42. The van der Waals surface area contributed by atoms with Gasteiger partial charge in [0.1, 0.15) is 13.2 Å². The van der Waals surface area contributed by atoms with Crippen LogP contribution in [0.1, 0.15) is 232 Å². The average Bonchev–Trinajstić information content (AvgIpc) is 0.833. The van der Waals surface area contributed by atoms with E-state index in [4.69, 9.17) is 9.47 Å². The van der Waals surface area contributed by atoms with Crippen molar-refractivity contribution in [1.29, 1.82) is 0 Å². The lowest BCUT2D eigenvalue weighted by Crippen LogP contribution is -2.66. The van der Waals surface area contributed by atoms with Crippen molar-refractivity contribution in [2.75, 3.05) is 13.2 Å². The number of hydrogen-bond acceptors (Lipinski definition) is 10. The van der Waals surface area contributed by atoms with Gasteiger partial charge in [-0.05, 0) is 242 Å². The van der Waals surface area contributed by atoms with Gasteiger partial charge in [-0.3, -0.25) is 9.59 Å².